The average molecular weight is 873 g/mol. The minimum atomic E-state index is -1.34. The average Bonchev–Trinajstić information content (AvgIpc) is 3.60. The van der Waals surface area contributed by atoms with Crippen LogP contribution in [0, 0.1) is 3.57 Å². The van der Waals surface area contributed by atoms with Gasteiger partial charge in [-0.05, 0) is 85.7 Å². The maximum Gasteiger partial charge on any atom is 0.339 e. The number of hydrogen-bond donors (Lipinski definition) is 3. The van der Waals surface area contributed by atoms with Crippen molar-refractivity contribution in [2.45, 2.75) is 82.3 Å². The second kappa shape index (κ2) is 17.9. The molecular weight excluding hydrogens is 827 g/mol. The van der Waals surface area contributed by atoms with E-state index in [4.69, 9.17) is 18.9 Å². The highest BCUT2D eigenvalue weighted by atomic mass is 127. The molecule has 0 aromatic heterocycles. The zero-order valence-electron chi connectivity index (χ0n) is 31.4. The van der Waals surface area contributed by atoms with E-state index >= 15 is 0 Å². The van der Waals surface area contributed by atoms with Crippen LogP contribution in [0.15, 0.2) is 121 Å². The Morgan fingerprint density at radius 1 is 0.875 bits per heavy atom. The molecular formula is C44H45IN2O9. The van der Waals surface area contributed by atoms with Gasteiger partial charge in [0.2, 0.25) is 11.7 Å². The molecule has 1 aliphatic carbocycles. The van der Waals surface area contributed by atoms with Crippen LogP contribution in [-0.4, -0.2) is 65.4 Å². The third kappa shape index (κ3) is 9.91. The van der Waals surface area contributed by atoms with Gasteiger partial charge < -0.3 is 34.7 Å². The van der Waals surface area contributed by atoms with Crippen LogP contribution in [0.1, 0.15) is 77.4 Å². The number of hydrogen-bond acceptors (Lipinski definition) is 9. The van der Waals surface area contributed by atoms with E-state index < -0.39 is 59.5 Å². The third-order valence-corrected chi connectivity index (χ3v) is 10.3. The maximum absolute atomic E-state index is 13.9. The van der Waals surface area contributed by atoms with E-state index in [2.05, 4.69) is 33.2 Å². The summed E-state index contributed by atoms with van der Waals surface area (Å²) in [6, 6.07) is 32.3. The Labute approximate surface area is 339 Å². The molecule has 6 rings (SSSR count). The molecule has 1 saturated heterocycles. The van der Waals surface area contributed by atoms with Gasteiger partial charge in [0, 0.05) is 45.2 Å². The molecule has 2 aliphatic rings. The zero-order chi connectivity index (χ0) is 39.9. The quantitative estimate of drug-likeness (QED) is 0.103. The lowest BCUT2D eigenvalue weighted by molar-refractivity contribution is -0.157. The van der Waals surface area contributed by atoms with Gasteiger partial charge in [0.1, 0.15) is 23.9 Å². The molecule has 4 unspecified atom stereocenters. The van der Waals surface area contributed by atoms with Crippen LogP contribution in [0.5, 0.6) is 0 Å². The lowest BCUT2D eigenvalue weighted by Gasteiger charge is -2.31. The molecule has 1 heterocycles. The molecule has 292 valence electrons. The first-order chi connectivity index (χ1) is 26.8. The van der Waals surface area contributed by atoms with Crippen molar-refractivity contribution in [3.63, 3.8) is 0 Å². The van der Waals surface area contributed by atoms with Gasteiger partial charge in [-0.15, -0.1) is 0 Å². The number of halogens is 1. The summed E-state index contributed by atoms with van der Waals surface area (Å²) < 4.78 is 25.8. The first-order valence-electron chi connectivity index (χ1n) is 18.5. The van der Waals surface area contributed by atoms with E-state index in [0.717, 1.165) is 14.7 Å². The van der Waals surface area contributed by atoms with E-state index in [1.54, 1.807) is 63.2 Å². The normalized spacial score (nSPS) is 19.2. The lowest BCUT2D eigenvalue weighted by atomic mass is 9.91. The Bertz CT molecular complexity index is 2030. The van der Waals surface area contributed by atoms with Crippen molar-refractivity contribution in [1.82, 2.24) is 10.6 Å². The summed E-state index contributed by atoms with van der Waals surface area (Å²) in [5.41, 5.74) is 2.61. The van der Waals surface area contributed by atoms with Crippen molar-refractivity contribution in [3.05, 3.63) is 152 Å². The summed E-state index contributed by atoms with van der Waals surface area (Å²) in [6.45, 7) is 5.06. The van der Waals surface area contributed by atoms with Gasteiger partial charge in [-0.1, -0.05) is 84.9 Å². The maximum atomic E-state index is 13.9. The fraction of sp³-hybridized carbons (Fsp3) is 0.318. The summed E-state index contributed by atoms with van der Waals surface area (Å²) in [5.74, 6) is -3.11. The van der Waals surface area contributed by atoms with E-state index in [0.29, 0.717) is 22.3 Å². The number of fused-ring (bicyclic) bond motifs is 1. The molecule has 4 atom stereocenters. The Morgan fingerprint density at radius 2 is 1.54 bits per heavy atom. The molecule has 1 fully saturated rings. The first-order valence-corrected chi connectivity index (χ1v) is 19.6. The van der Waals surface area contributed by atoms with Crippen LogP contribution >= 0.6 is 22.6 Å². The van der Waals surface area contributed by atoms with Crippen molar-refractivity contribution < 1.29 is 43.2 Å². The highest BCUT2D eigenvalue weighted by Gasteiger charge is 2.55. The molecule has 0 saturated carbocycles. The number of nitrogens with one attached hydrogen (secondary N) is 2. The van der Waals surface area contributed by atoms with E-state index in [9.17, 15) is 24.3 Å². The van der Waals surface area contributed by atoms with Crippen LogP contribution in [0.25, 0.3) is 0 Å². The third-order valence-electron chi connectivity index (χ3n) is 9.35. The summed E-state index contributed by atoms with van der Waals surface area (Å²) >= 11 is 2.09. The fourth-order valence-corrected chi connectivity index (χ4v) is 7.31. The topological polar surface area (TPSA) is 149 Å². The van der Waals surface area contributed by atoms with Crippen molar-refractivity contribution in [3.8, 4) is 0 Å². The van der Waals surface area contributed by atoms with Crippen LogP contribution in [0.2, 0.25) is 0 Å². The van der Waals surface area contributed by atoms with Gasteiger partial charge in [-0.2, -0.15) is 0 Å². The second-order valence-corrected chi connectivity index (χ2v) is 15.9. The molecule has 56 heavy (non-hydrogen) atoms. The monoisotopic (exact) mass is 872 g/mol. The smallest absolute Gasteiger partial charge is 0.339 e. The van der Waals surface area contributed by atoms with Crippen molar-refractivity contribution in [2.75, 3.05) is 6.61 Å². The zero-order valence-corrected chi connectivity index (χ0v) is 33.6. The van der Waals surface area contributed by atoms with Crippen LogP contribution < -0.4 is 10.6 Å². The molecule has 11 nitrogen and oxygen atoms in total. The Morgan fingerprint density at radius 3 is 2.18 bits per heavy atom. The van der Waals surface area contributed by atoms with E-state index in [1.807, 2.05) is 72.8 Å². The summed E-state index contributed by atoms with van der Waals surface area (Å²) in [7, 11) is 0. The number of carbonyl (C=O) groups is 4. The molecule has 4 aromatic carbocycles. The molecule has 3 N–H and O–H groups in total. The van der Waals surface area contributed by atoms with Crippen molar-refractivity contribution >= 4 is 46.3 Å². The second-order valence-electron chi connectivity index (χ2n) is 14.7. The van der Waals surface area contributed by atoms with E-state index in [-0.39, 0.29) is 32.4 Å². The number of amides is 2. The van der Waals surface area contributed by atoms with Gasteiger partial charge in [0.15, 0.2) is 0 Å². The molecule has 2 amide bonds. The molecule has 0 bridgehead atoms. The number of aliphatic hydroxyl groups excluding tert-OH is 1. The standard InChI is InChI=1S/C44H45IN2O9/c1-43(2,3)55-38(49)22-21-33(27-48)47-41(51)29-14-12-13-28(23-29)26-46-40(50)30-24-36(53-42(52)34-19-10-11-20-35(34)45)39-37(25-30)54-44(56-39,31-15-6-4-7-16-31)32-17-8-5-9-18-32/h4-20,23,25,33,36-37,39,48H,21-22,24,26-27H2,1-3H3,(H,46,50)(H,47,51). The number of rotatable bonds is 13. The van der Waals surface area contributed by atoms with Gasteiger partial charge in [-0.3, -0.25) is 14.4 Å². The molecule has 12 heteroatoms. The predicted molar refractivity (Wildman–Crippen MR) is 216 cm³/mol. The van der Waals surface area contributed by atoms with Gasteiger partial charge in [0.05, 0.1) is 18.2 Å². The van der Waals surface area contributed by atoms with Gasteiger partial charge in [0.25, 0.3) is 5.91 Å². The van der Waals surface area contributed by atoms with Gasteiger partial charge in [-0.25, -0.2) is 4.79 Å². The SMILES string of the molecule is CC(C)(C)OC(=O)CCC(CO)NC(=O)c1cccc(CNC(=O)C2=CC3OC(c4ccccc4)(c4ccccc4)OC3C(OC(=O)c3ccccc3I)C2)c1. The number of ether oxygens (including phenoxy) is 4. The minimum absolute atomic E-state index is 0.0363. The van der Waals surface area contributed by atoms with E-state index in [1.165, 1.54) is 0 Å². The Balaban J connectivity index is 1.19. The van der Waals surface area contributed by atoms with Crippen molar-refractivity contribution in [2.24, 2.45) is 0 Å². The minimum Gasteiger partial charge on any atom is -0.460 e. The Kier molecular flexibility index (Phi) is 13.0. The highest BCUT2D eigenvalue weighted by molar-refractivity contribution is 14.1. The van der Waals surface area contributed by atoms with Crippen LogP contribution in [0.4, 0.5) is 0 Å². The number of esters is 2. The summed E-state index contributed by atoms with van der Waals surface area (Å²) in [4.78, 5) is 52.8. The Hall–Kier alpha value is -4.89. The highest BCUT2D eigenvalue weighted by Crippen LogP contribution is 2.47. The molecule has 4 aromatic rings. The fourth-order valence-electron chi connectivity index (χ4n) is 6.70. The number of benzene rings is 4. The number of aliphatic hydroxyl groups is 1. The molecule has 1 aliphatic heterocycles. The summed E-state index contributed by atoms with van der Waals surface area (Å²) in [5, 5.41) is 15.6. The van der Waals surface area contributed by atoms with Crippen molar-refractivity contribution in [1.29, 1.82) is 0 Å². The predicted octanol–water partition coefficient (Wildman–Crippen LogP) is 6.36. The summed E-state index contributed by atoms with van der Waals surface area (Å²) in [6.07, 6.45) is -0.310. The van der Waals surface area contributed by atoms with Gasteiger partial charge >= 0.3 is 11.9 Å². The van der Waals surface area contributed by atoms with Crippen LogP contribution in [0.3, 0.4) is 0 Å². The number of carbonyl (C=O) groups excluding carboxylic acids is 4. The molecule has 0 radical (unpaired) electrons. The van der Waals surface area contributed by atoms with Crippen LogP contribution in [-0.2, 0) is 40.9 Å². The molecule has 0 spiro atoms. The first kappa shape index (κ1) is 40.8. The lowest BCUT2D eigenvalue weighted by Crippen LogP contribution is -2.43. The largest absolute Gasteiger partial charge is 0.460 e.